The van der Waals surface area contributed by atoms with E-state index in [1.54, 1.807) is 17.8 Å². The Morgan fingerprint density at radius 2 is 1.92 bits per heavy atom. The number of fused-ring (bicyclic) bond motifs is 1. The summed E-state index contributed by atoms with van der Waals surface area (Å²) >= 11 is 1.66. The van der Waals surface area contributed by atoms with E-state index < -0.39 is 5.97 Å². The van der Waals surface area contributed by atoms with Crippen molar-refractivity contribution in [1.29, 1.82) is 0 Å². The summed E-state index contributed by atoms with van der Waals surface area (Å²) < 4.78 is 5.04. The number of nitrogens with one attached hydrogen (secondary N) is 2. The maximum Gasteiger partial charge on any atom is 0.359 e. The summed E-state index contributed by atoms with van der Waals surface area (Å²) in [7, 11) is 0. The predicted octanol–water partition coefficient (Wildman–Crippen LogP) is 2.94. The first kappa shape index (κ1) is 18.0. The van der Waals surface area contributed by atoms with Gasteiger partial charge in [0.25, 0.3) is 5.91 Å². The monoisotopic (exact) mass is 369 g/mol. The highest BCUT2D eigenvalue weighted by atomic mass is 32.2. The van der Waals surface area contributed by atoms with Gasteiger partial charge in [-0.15, -0.1) is 11.8 Å². The van der Waals surface area contributed by atoms with E-state index in [4.69, 9.17) is 4.74 Å². The second kappa shape index (κ2) is 8.53. The van der Waals surface area contributed by atoms with Gasteiger partial charge in [0.1, 0.15) is 0 Å². The smallest absolute Gasteiger partial charge is 0.359 e. The molecule has 2 N–H and O–H groups in total. The van der Waals surface area contributed by atoms with Gasteiger partial charge in [-0.3, -0.25) is 9.89 Å². The Balaban J connectivity index is 1.39. The van der Waals surface area contributed by atoms with Gasteiger partial charge in [0.05, 0.1) is 5.52 Å². The molecular formula is C19H19N3O3S. The molecule has 6 nitrogen and oxygen atoms in total. The molecule has 0 unspecified atom stereocenters. The molecule has 1 aromatic heterocycles. The summed E-state index contributed by atoms with van der Waals surface area (Å²) in [6.45, 7) is 2.22. The third-order valence-corrected chi connectivity index (χ3v) is 4.73. The van der Waals surface area contributed by atoms with E-state index in [9.17, 15) is 9.59 Å². The molecule has 3 aromatic rings. The molecule has 0 radical (unpaired) electrons. The Morgan fingerprint density at radius 1 is 1.15 bits per heavy atom. The van der Waals surface area contributed by atoms with Gasteiger partial charge in [0.15, 0.2) is 12.3 Å². The number of aromatic amines is 1. The average molecular weight is 369 g/mol. The number of nitrogens with zero attached hydrogens (tertiary/aromatic N) is 1. The van der Waals surface area contributed by atoms with Gasteiger partial charge in [0.2, 0.25) is 0 Å². The lowest BCUT2D eigenvalue weighted by Gasteiger charge is -2.06. The Kier molecular flexibility index (Phi) is 5.91. The Bertz CT molecular complexity index is 906. The highest BCUT2D eigenvalue weighted by molar-refractivity contribution is 7.99. The molecule has 0 bridgehead atoms. The summed E-state index contributed by atoms with van der Waals surface area (Å²) in [6, 6.07) is 15.5. The molecule has 0 spiro atoms. The number of hydrogen-bond donors (Lipinski definition) is 2. The number of esters is 1. The van der Waals surface area contributed by atoms with Crippen LogP contribution in [-0.2, 0) is 9.53 Å². The van der Waals surface area contributed by atoms with Gasteiger partial charge < -0.3 is 10.1 Å². The van der Waals surface area contributed by atoms with Crippen molar-refractivity contribution in [2.75, 3.05) is 18.9 Å². The fraction of sp³-hybridized carbons (Fsp3) is 0.211. The summed E-state index contributed by atoms with van der Waals surface area (Å²) in [5.74, 6) is -0.207. The molecule has 0 saturated carbocycles. The summed E-state index contributed by atoms with van der Waals surface area (Å²) in [5, 5.41) is 10.1. The molecule has 7 heteroatoms. The maximum absolute atomic E-state index is 12.1. The van der Waals surface area contributed by atoms with Gasteiger partial charge in [0, 0.05) is 22.6 Å². The van der Waals surface area contributed by atoms with Gasteiger partial charge in [-0.25, -0.2) is 4.79 Å². The highest BCUT2D eigenvalue weighted by Gasteiger charge is 2.16. The second-order valence-electron chi connectivity index (χ2n) is 5.71. The first-order valence-electron chi connectivity index (χ1n) is 8.20. The number of amides is 1. The van der Waals surface area contributed by atoms with Crippen molar-refractivity contribution in [2.45, 2.75) is 11.8 Å². The molecule has 3 rings (SSSR count). The number of ether oxygens (including phenoxy) is 1. The zero-order chi connectivity index (χ0) is 18.4. The summed E-state index contributed by atoms with van der Waals surface area (Å²) in [6.07, 6.45) is 0. The number of hydrogen-bond acceptors (Lipinski definition) is 5. The van der Waals surface area contributed by atoms with Crippen molar-refractivity contribution in [3.8, 4) is 0 Å². The highest BCUT2D eigenvalue weighted by Crippen LogP contribution is 2.17. The summed E-state index contributed by atoms with van der Waals surface area (Å²) in [4.78, 5) is 25.0. The first-order valence-corrected chi connectivity index (χ1v) is 9.18. The number of thioether (sulfide) groups is 1. The third kappa shape index (κ3) is 4.64. The van der Waals surface area contributed by atoms with Crippen LogP contribution in [0.1, 0.15) is 16.1 Å². The Hall–Kier alpha value is -2.80. The number of aromatic nitrogens is 2. The van der Waals surface area contributed by atoms with Crippen LogP contribution in [0.15, 0.2) is 53.4 Å². The molecule has 1 amide bonds. The van der Waals surface area contributed by atoms with Crippen LogP contribution in [0, 0.1) is 6.92 Å². The van der Waals surface area contributed by atoms with Crippen molar-refractivity contribution in [3.05, 3.63) is 59.8 Å². The van der Waals surface area contributed by atoms with Crippen LogP contribution in [0.4, 0.5) is 0 Å². The van der Waals surface area contributed by atoms with Gasteiger partial charge in [-0.05, 0) is 25.1 Å². The normalized spacial score (nSPS) is 10.7. The second-order valence-corrected chi connectivity index (χ2v) is 6.87. The number of benzene rings is 2. The molecule has 0 saturated heterocycles. The summed E-state index contributed by atoms with van der Waals surface area (Å²) in [5.41, 5.74) is 2.15. The van der Waals surface area contributed by atoms with Crippen LogP contribution < -0.4 is 5.32 Å². The average Bonchev–Trinajstić information content (AvgIpc) is 3.09. The van der Waals surface area contributed by atoms with Crippen LogP contribution in [0.5, 0.6) is 0 Å². The van der Waals surface area contributed by atoms with Crippen molar-refractivity contribution in [3.63, 3.8) is 0 Å². The van der Waals surface area contributed by atoms with Crippen LogP contribution in [0.2, 0.25) is 0 Å². The minimum atomic E-state index is -0.619. The lowest BCUT2D eigenvalue weighted by Crippen LogP contribution is -2.30. The molecule has 2 aromatic carbocycles. The fourth-order valence-electron chi connectivity index (χ4n) is 2.36. The van der Waals surface area contributed by atoms with Crippen molar-refractivity contribution < 1.29 is 14.3 Å². The molecule has 0 aliphatic heterocycles. The standard InChI is InChI=1S/C19H19N3O3S/c1-13-6-8-14(9-7-13)26-11-10-20-17(23)12-25-19(24)18-15-4-2-3-5-16(15)21-22-18/h2-9H,10-12H2,1H3,(H,20,23)(H,21,22). The van der Waals surface area contributed by atoms with Gasteiger partial charge in [-0.1, -0.05) is 35.9 Å². The lowest BCUT2D eigenvalue weighted by molar-refractivity contribution is -0.124. The van der Waals surface area contributed by atoms with E-state index in [0.717, 1.165) is 16.2 Å². The number of carbonyl (C=O) groups is 2. The van der Waals surface area contributed by atoms with Crippen molar-refractivity contribution in [2.24, 2.45) is 0 Å². The number of H-pyrrole nitrogens is 1. The van der Waals surface area contributed by atoms with Crippen LogP contribution in [0.3, 0.4) is 0 Å². The zero-order valence-corrected chi connectivity index (χ0v) is 15.1. The topological polar surface area (TPSA) is 84.1 Å². The minimum Gasteiger partial charge on any atom is -0.451 e. The molecule has 0 atom stereocenters. The van der Waals surface area contributed by atoms with E-state index in [-0.39, 0.29) is 18.2 Å². The van der Waals surface area contributed by atoms with Crippen molar-refractivity contribution >= 4 is 34.5 Å². The minimum absolute atomic E-state index is 0.184. The van der Waals surface area contributed by atoms with E-state index in [1.807, 2.05) is 25.1 Å². The van der Waals surface area contributed by atoms with E-state index >= 15 is 0 Å². The molecule has 0 fully saturated rings. The van der Waals surface area contributed by atoms with Gasteiger partial charge in [-0.2, -0.15) is 5.10 Å². The number of rotatable bonds is 7. The molecule has 0 aliphatic rings. The Morgan fingerprint density at radius 3 is 2.73 bits per heavy atom. The van der Waals surface area contributed by atoms with Crippen LogP contribution in [-0.4, -0.2) is 41.0 Å². The molecule has 26 heavy (non-hydrogen) atoms. The number of para-hydroxylation sites is 1. The molecule has 134 valence electrons. The van der Waals surface area contributed by atoms with Gasteiger partial charge >= 0.3 is 5.97 Å². The maximum atomic E-state index is 12.1. The predicted molar refractivity (Wildman–Crippen MR) is 101 cm³/mol. The zero-order valence-electron chi connectivity index (χ0n) is 14.3. The first-order chi connectivity index (χ1) is 12.6. The molecule has 0 aliphatic carbocycles. The largest absolute Gasteiger partial charge is 0.451 e. The van der Waals surface area contributed by atoms with Crippen LogP contribution >= 0.6 is 11.8 Å². The quantitative estimate of drug-likeness (QED) is 0.380. The SMILES string of the molecule is Cc1ccc(SCCNC(=O)COC(=O)c2n[nH]c3ccccc23)cc1. The van der Waals surface area contributed by atoms with E-state index in [2.05, 4.69) is 39.8 Å². The van der Waals surface area contributed by atoms with E-state index in [0.29, 0.717) is 11.9 Å². The fourth-order valence-corrected chi connectivity index (χ4v) is 3.13. The van der Waals surface area contributed by atoms with Crippen LogP contribution in [0.25, 0.3) is 10.9 Å². The van der Waals surface area contributed by atoms with Crippen molar-refractivity contribution in [1.82, 2.24) is 15.5 Å². The van der Waals surface area contributed by atoms with E-state index in [1.165, 1.54) is 5.56 Å². The molecular weight excluding hydrogens is 350 g/mol. The number of aryl methyl sites for hydroxylation is 1. The lowest BCUT2D eigenvalue weighted by atomic mass is 10.2. The number of carbonyl (C=O) groups excluding carboxylic acids is 2. The Labute approximate surface area is 155 Å². The molecule has 1 heterocycles. The third-order valence-electron chi connectivity index (χ3n) is 3.71.